The Morgan fingerprint density at radius 1 is 1.14 bits per heavy atom. The Balaban J connectivity index is 1.68. The van der Waals surface area contributed by atoms with Crippen LogP contribution in [0.3, 0.4) is 0 Å². The highest BCUT2D eigenvalue weighted by atomic mass is 16.4. The molecule has 2 aromatic rings. The van der Waals surface area contributed by atoms with Crippen LogP contribution in [0.5, 0.6) is 0 Å². The number of nitrogens with one attached hydrogen (secondary N) is 1. The summed E-state index contributed by atoms with van der Waals surface area (Å²) in [5, 5.41) is 11.7. The van der Waals surface area contributed by atoms with Crippen LogP contribution in [0.4, 0.5) is 5.69 Å². The number of hydrogen-bond donors (Lipinski definition) is 2. The smallest absolute Gasteiger partial charge is 0.311 e. The molecule has 2 amide bonds. The molecule has 1 aliphatic rings. The Kier molecular flexibility index (Phi) is 6.36. The molecule has 3 rings (SSSR count). The molecule has 1 aromatic heterocycles. The van der Waals surface area contributed by atoms with E-state index in [1.54, 1.807) is 31.2 Å². The van der Waals surface area contributed by atoms with Crippen LogP contribution in [-0.4, -0.2) is 40.9 Å². The van der Waals surface area contributed by atoms with Crippen LogP contribution in [0.15, 0.2) is 34.9 Å². The second-order valence-electron chi connectivity index (χ2n) is 7.53. The number of carboxylic acids is 1. The maximum absolute atomic E-state index is 12.7. The van der Waals surface area contributed by atoms with Crippen molar-refractivity contribution in [1.82, 2.24) is 4.90 Å². The number of carbonyl (C=O) groups excluding carboxylic acids is 2. The molecule has 1 fully saturated rings. The number of benzene rings is 1. The highest BCUT2D eigenvalue weighted by molar-refractivity contribution is 6.06. The summed E-state index contributed by atoms with van der Waals surface area (Å²) in [6.07, 6.45) is 6.64. The summed E-state index contributed by atoms with van der Waals surface area (Å²) in [5.41, 5.74) is 1.89. The van der Waals surface area contributed by atoms with Gasteiger partial charge in [-0.05, 0) is 44.0 Å². The van der Waals surface area contributed by atoms with Gasteiger partial charge < -0.3 is 19.7 Å². The monoisotopic (exact) mass is 398 g/mol. The number of aliphatic carboxylic acids is 1. The molecule has 1 heterocycles. The van der Waals surface area contributed by atoms with Crippen molar-refractivity contribution in [3.05, 3.63) is 53.0 Å². The Morgan fingerprint density at radius 2 is 1.79 bits per heavy atom. The lowest BCUT2D eigenvalue weighted by Gasteiger charge is -2.31. The lowest BCUT2D eigenvalue weighted by Crippen LogP contribution is -2.38. The van der Waals surface area contributed by atoms with Crippen molar-refractivity contribution < 1.29 is 23.9 Å². The number of hydrogen-bond acceptors (Lipinski definition) is 4. The van der Waals surface area contributed by atoms with Crippen LogP contribution >= 0.6 is 0 Å². The summed E-state index contributed by atoms with van der Waals surface area (Å²) in [5.74, 6) is -1.41. The first kappa shape index (κ1) is 20.6. The van der Waals surface area contributed by atoms with Gasteiger partial charge in [0, 0.05) is 29.9 Å². The predicted molar refractivity (Wildman–Crippen MR) is 108 cm³/mol. The van der Waals surface area contributed by atoms with Crippen molar-refractivity contribution >= 4 is 23.5 Å². The molecule has 154 valence electrons. The molecule has 29 heavy (non-hydrogen) atoms. The van der Waals surface area contributed by atoms with Gasteiger partial charge in [-0.2, -0.15) is 0 Å². The minimum Gasteiger partial charge on any atom is -0.481 e. The number of amides is 2. The lowest BCUT2D eigenvalue weighted by atomic mass is 9.94. The number of carboxylic acid groups (broad SMARTS) is 1. The Morgan fingerprint density at radius 3 is 2.41 bits per heavy atom. The quantitative estimate of drug-likeness (QED) is 0.769. The van der Waals surface area contributed by atoms with Crippen molar-refractivity contribution in [3.8, 4) is 0 Å². The molecule has 7 nitrogen and oxygen atoms in total. The summed E-state index contributed by atoms with van der Waals surface area (Å²) in [4.78, 5) is 38.1. The fourth-order valence-electron chi connectivity index (χ4n) is 3.80. The molecule has 0 unspecified atom stereocenters. The van der Waals surface area contributed by atoms with Crippen molar-refractivity contribution in [1.29, 1.82) is 0 Å². The molecular weight excluding hydrogens is 372 g/mol. The number of anilines is 1. The van der Waals surface area contributed by atoms with Gasteiger partial charge in [-0.1, -0.05) is 19.3 Å². The third-order valence-electron chi connectivity index (χ3n) is 5.42. The van der Waals surface area contributed by atoms with Gasteiger partial charge in [0.25, 0.3) is 11.8 Å². The van der Waals surface area contributed by atoms with Crippen molar-refractivity contribution in [2.24, 2.45) is 0 Å². The summed E-state index contributed by atoms with van der Waals surface area (Å²) >= 11 is 0. The van der Waals surface area contributed by atoms with Gasteiger partial charge in [0.1, 0.15) is 12.2 Å². The van der Waals surface area contributed by atoms with Crippen LogP contribution in [0, 0.1) is 6.92 Å². The first-order valence-electron chi connectivity index (χ1n) is 9.84. The first-order valence-corrected chi connectivity index (χ1v) is 9.84. The van der Waals surface area contributed by atoms with Gasteiger partial charge in [-0.15, -0.1) is 0 Å². The predicted octanol–water partition coefficient (Wildman–Crippen LogP) is 3.87. The van der Waals surface area contributed by atoms with Gasteiger partial charge in [-0.3, -0.25) is 14.4 Å². The molecule has 2 N–H and O–H groups in total. The third kappa shape index (κ3) is 4.85. The van der Waals surface area contributed by atoms with Crippen LogP contribution in [-0.2, 0) is 11.2 Å². The van der Waals surface area contributed by atoms with Gasteiger partial charge in [0.15, 0.2) is 0 Å². The molecular formula is C22H26N2O5. The lowest BCUT2D eigenvalue weighted by molar-refractivity contribution is -0.136. The molecule has 1 saturated carbocycles. The summed E-state index contributed by atoms with van der Waals surface area (Å²) < 4.78 is 5.21. The minimum absolute atomic E-state index is 0.0239. The standard InChI is InChI=1S/C22H26N2O5/c1-14-13-29-18(12-19(25)26)20(14)21(27)23-16-10-8-15(9-11-16)22(28)24(2)17-6-4-3-5-7-17/h8-11,13,17H,3-7,12H2,1-2H3,(H,23,27)(H,25,26). The van der Waals surface area contributed by atoms with Gasteiger partial charge >= 0.3 is 5.97 Å². The van der Waals surface area contributed by atoms with Crippen molar-refractivity contribution in [3.63, 3.8) is 0 Å². The average molecular weight is 398 g/mol. The topological polar surface area (TPSA) is 99.8 Å². The second kappa shape index (κ2) is 8.94. The van der Waals surface area contributed by atoms with Gasteiger partial charge in [-0.25, -0.2) is 0 Å². The molecule has 0 radical (unpaired) electrons. The van der Waals surface area contributed by atoms with E-state index in [1.165, 1.54) is 12.7 Å². The molecule has 0 aliphatic heterocycles. The summed E-state index contributed by atoms with van der Waals surface area (Å²) in [6.45, 7) is 1.69. The summed E-state index contributed by atoms with van der Waals surface area (Å²) in [6, 6.07) is 7.01. The molecule has 0 spiro atoms. The molecule has 0 saturated heterocycles. The molecule has 0 atom stereocenters. The number of rotatable bonds is 6. The molecule has 1 aromatic carbocycles. The van der Waals surface area contributed by atoms with E-state index in [4.69, 9.17) is 9.52 Å². The van der Waals surface area contributed by atoms with E-state index >= 15 is 0 Å². The van der Waals surface area contributed by atoms with Crippen LogP contribution in [0.25, 0.3) is 0 Å². The average Bonchev–Trinajstić information content (AvgIpc) is 3.07. The van der Waals surface area contributed by atoms with E-state index in [2.05, 4.69) is 5.32 Å². The number of furan rings is 1. The summed E-state index contributed by atoms with van der Waals surface area (Å²) in [7, 11) is 1.85. The maximum atomic E-state index is 12.7. The third-order valence-corrected chi connectivity index (χ3v) is 5.42. The maximum Gasteiger partial charge on any atom is 0.311 e. The SMILES string of the molecule is Cc1coc(CC(=O)O)c1C(=O)Nc1ccc(C(=O)N(C)C2CCCCC2)cc1. The highest BCUT2D eigenvalue weighted by Gasteiger charge is 2.23. The van der Waals surface area contributed by atoms with Crippen LogP contribution < -0.4 is 5.32 Å². The van der Waals surface area contributed by atoms with E-state index in [1.807, 2.05) is 11.9 Å². The Labute approximate surface area is 169 Å². The van der Waals surface area contributed by atoms with E-state index in [9.17, 15) is 14.4 Å². The molecule has 7 heteroatoms. The molecule has 0 bridgehead atoms. The van der Waals surface area contributed by atoms with E-state index < -0.39 is 11.9 Å². The van der Waals surface area contributed by atoms with Crippen LogP contribution in [0.1, 0.15) is 64.1 Å². The second-order valence-corrected chi connectivity index (χ2v) is 7.53. The molecule has 1 aliphatic carbocycles. The highest BCUT2D eigenvalue weighted by Crippen LogP contribution is 2.24. The fraction of sp³-hybridized carbons (Fsp3) is 0.409. The number of aryl methyl sites for hydroxylation is 1. The minimum atomic E-state index is -1.07. The fourth-order valence-corrected chi connectivity index (χ4v) is 3.80. The van der Waals surface area contributed by atoms with E-state index in [0.29, 0.717) is 16.8 Å². The zero-order valence-corrected chi connectivity index (χ0v) is 16.7. The zero-order chi connectivity index (χ0) is 21.0. The first-order chi connectivity index (χ1) is 13.9. The van der Waals surface area contributed by atoms with Crippen molar-refractivity contribution in [2.75, 3.05) is 12.4 Å². The van der Waals surface area contributed by atoms with Crippen molar-refractivity contribution in [2.45, 2.75) is 51.5 Å². The number of carbonyl (C=O) groups is 3. The normalized spacial score (nSPS) is 14.4. The van der Waals surface area contributed by atoms with Gasteiger partial charge in [0.05, 0.1) is 11.8 Å². The zero-order valence-electron chi connectivity index (χ0n) is 16.7. The van der Waals surface area contributed by atoms with E-state index in [-0.39, 0.29) is 29.7 Å². The van der Waals surface area contributed by atoms with E-state index in [0.717, 1.165) is 25.7 Å². The Bertz CT molecular complexity index is 894. The Hall–Kier alpha value is -3.09. The largest absolute Gasteiger partial charge is 0.481 e. The van der Waals surface area contributed by atoms with Crippen LogP contribution in [0.2, 0.25) is 0 Å². The van der Waals surface area contributed by atoms with Gasteiger partial charge in [0.2, 0.25) is 0 Å². The number of nitrogens with zero attached hydrogens (tertiary/aromatic N) is 1.